The zero-order valence-electron chi connectivity index (χ0n) is 17.4. The number of nitrogens with zero attached hydrogens (tertiary/aromatic N) is 1. The molecule has 3 rings (SSSR count). The van der Waals surface area contributed by atoms with Gasteiger partial charge < -0.3 is 10.6 Å². The second-order valence-corrected chi connectivity index (χ2v) is 8.02. The summed E-state index contributed by atoms with van der Waals surface area (Å²) in [4.78, 5) is 36.2. The Morgan fingerprint density at radius 3 is 2.28 bits per heavy atom. The molecule has 0 fully saturated rings. The van der Waals surface area contributed by atoms with Gasteiger partial charge in [-0.25, -0.2) is 0 Å². The molecule has 7 nitrogen and oxygen atoms in total. The summed E-state index contributed by atoms with van der Waals surface area (Å²) < 4.78 is 0.700. The topological polar surface area (TPSA) is 101 Å². The third kappa shape index (κ3) is 5.89. The van der Waals surface area contributed by atoms with Gasteiger partial charge in [0.05, 0.1) is 10.6 Å². The van der Waals surface area contributed by atoms with Crippen LogP contribution in [0.25, 0.3) is 6.08 Å². The number of carbonyl (C=O) groups excluding carboxylic acids is 2. The number of aryl methyl sites for hydroxylation is 2. The van der Waals surface area contributed by atoms with Gasteiger partial charge in [0, 0.05) is 22.2 Å². The number of anilines is 1. The van der Waals surface area contributed by atoms with Gasteiger partial charge in [-0.05, 0) is 83.4 Å². The minimum atomic E-state index is -0.533. The SMILES string of the molecule is Cc1cccc(C(=O)NC(=Cc2ccc([N+](=O)[O-])cc2)C(=O)Nc2ccc(C)cc2Br)c1. The molecule has 0 saturated heterocycles. The third-order valence-electron chi connectivity index (χ3n) is 4.56. The molecular formula is C24H20BrN3O4. The molecule has 32 heavy (non-hydrogen) atoms. The van der Waals surface area contributed by atoms with Crippen LogP contribution in [0.2, 0.25) is 0 Å². The molecule has 2 amide bonds. The first-order chi connectivity index (χ1) is 15.2. The van der Waals surface area contributed by atoms with Crippen LogP contribution in [0.5, 0.6) is 0 Å². The number of nitro groups is 1. The van der Waals surface area contributed by atoms with E-state index in [4.69, 9.17) is 0 Å². The highest BCUT2D eigenvalue weighted by molar-refractivity contribution is 9.10. The van der Waals surface area contributed by atoms with Crippen LogP contribution in [0.3, 0.4) is 0 Å². The van der Waals surface area contributed by atoms with Crippen LogP contribution >= 0.6 is 15.9 Å². The fourth-order valence-corrected chi connectivity index (χ4v) is 3.50. The van der Waals surface area contributed by atoms with Crippen LogP contribution in [-0.2, 0) is 4.79 Å². The van der Waals surface area contributed by atoms with Crippen molar-refractivity contribution in [2.45, 2.75) is 13.8 Å². The number of nitrogens with one attached hydrogen (secondary N) is 2. The van der Waals surface area contributed by atoms with Gasteiger partial charge in [-0.15, -0.1) is 0 Å². The van der Waals surface area contributed by atoms with Gasteiger partial charge in [-0.3, -0.25) is 19.7 Å². The van der Waals surface area contributed by atoms with Crippen molar-refractivity contribution in [1.82, 2.24) is 5.32 Å². The second-order valence-electron chi connectivity index (χ2n) is 7.17. The van der Waals surface area contributed by atoms with Crippen LogP contribution in [0, 0.1) is 24.0 Å². The molecule has 3 aromatic carbocycles. The van der Waals surface area contributed by atoms with Crippen molar-refractivity contribution < 1.29 is 14.5 Å². The summed E-state index contributed by atoms with van der Waals surface area (Å²) in [6, 6.07) is 18.1. The minimum Gasteiger partial charge on any atom is -0.320 e. The average molecular weight is 494 g/mol. The van der Waals surface area contributed by atoms with E-state index in [0.29, 0.717) is 21.3 Å². The summed E-state index contributed by atoms with van der Waals surface area (Å²) in [5, 5.41) is 16.3. The number of hydrogen-bond donors (Lipinski definition) is 2. The van der Waals surface area contributed by atoms with E-state index >= 15 is 0 Å². The molecule has 162 valence electrons. The van der Waals surface area contributed by atoms with E-state index in [1.165, 1.54) is 30.3 Å². The minimum absolute atomic E-state index is 0.00201. The van der Waals surface area contributed by atoms with Crippen molar-refractivity contribution in [2.75, 3.05) is 5.32 Å². The van der Waals surface area contributed by atoms with Crippen LogP contribution < -0.4 is 10.6 Å². The molecule has 3 aromatic rings. The highest BCUT2D eigenvalue weighted by Gasteiger charge is 2.16. The first-order valence-electron chi connectivity index (χ1n) is 9.64. The first-order valence-corrected chi connectivity index (χ1v) is 10.4. The molecular weight excluding hydrogens is 474 g/mol. The Hall–Kier alpha value is -3.78. The molecule has 0 heterocycles. The molecule has 0 aliphatic rings. The van der Waals surface area contributed by atoms with Gasteiger partial charge in [-0.2, -0.15) is 0 Å². The third-order valence-corrected chi connectivity index (χ3v) is 5.22. The van der Waals surface area contributed by atoms with Gasteiger partial charge in [-0.1, -0.05) is 23.8 Å². The van der Waals surface area contributed by atoms with Gasteiger partial charge in [0.25, 0.3) is 17.5 Å². The van der Waals surface area contributed by atoms with Crippen LogP contribution in [0.4, 0.5) is 11.4 Å². The number of rotatable bonds is 6. The fraction of sp³-hybridized carbons (Fsp3) is 0.0833. The molecule has 0 atom stereocenters. The Balaban J connectivity index is 1.92. The summed E-state index contributed by atoms with van der Waals surface area (Å²) in [7, 11) is 0. The van der Waals surface area contributed by atoms with Crippen LogP contribution in [0.1, 0.15) is 27.0 Å². The van der Waals surface area contributed by atoms with Crippen molar-refractivity contribution in [3.8, 4) is 0 Å². The molecule has 0 aromatic heterocycles. The number of nitro benzene ring substituents is 1. The summed E-state index contributed by atoms with van der Waals surface area (Å²) in [6.07, 6.45) is 1.47. The van der Waals surface area contributed by atoms with Crippen molar-refractivity contribution in [3.05, 3.63) is 109 Å². The van der Waals surface area contributed by atoms with Gasteiger partial charge in [0.2, 0.25) is 0 Å². The summed E-state index contributed by atoms with van der Waals surface area (Å²) in [6.45, 7) is 3.80. The van der Waals surface area contributed by atoms with Crippen molar-refractivity contribution >= 4 is 45.2 Å². The Kier molecular flexibility index (Phi) is 7.17. The van der Waals surface area contributed by atoms with Crippen LogP contribution in [-0.4, -0.2) is 16.7 Å². The van der Waals surface area contributed by atoms with E-state index in [1.807, 2.05) is 32.0 Å². The standard InChI is InChI=1S/C24H20BrN3O4/c1-15-4-3-5-18(12-15)23(29)27-22(14-17-7-9-19(10-8-17)28(31)32)24(30)26-21-11-6-16(2)13-20(21)25/h3-14H,1-2H3,(H,26,30)(H,27,29). The highest BCUT2D eigenvalue weighted by Crippen LogP contribution is 2.24. The van der Waals surface area contributed by atoms with Gasteiger partial charge >= 0.3 is 0 Å². The Labute approximate surface area is 193 Å². The van der Waals surface area contributed by atoms with Crippen LogP contribution in [0.15, 0.2) is 76.9 Å². The lowest BCUT2D eigenvalue weighted by molar-refractivity contribution is -0.384. The summed E-state index contributed by atoms with van der Waals surface area (Å²) >= 11 is 3.42. The van der Waals surface area contributed by atoms with Crippen molar-refractivity contribution in [3.63, 3.8) is 0 Å². The van der Waals surface area contributed by atoms with Crippen molar-refractivity contribution in [2.24, 2.45) is 0 Å². The monoisotopic (exact) mass is 493 g/mol. The quantitative estimate of drug-likeness (QED) is 0.273. The Morgan fingerprint density at radius 1 is 0.969 bits per heavy atom. The number of hydrogen-bond acceptors (Lipinski definition) is 4. The zero-order valence-corrected chi connectivity index (χ0v) is 19.0. The van der Waals surface area contributed by atoms with E-state index in [9.17, 15) is 19.7 Å². The molecule has 0 unspecified atom stereocenters. The number of benzene rings is 3. The lowest BCUT2D eigenvalue weighted by Crippen LogP contribution is -2.30. The van der Waals surface area contributed by atoms with E-state index in [2.05, 4.69) is 26.6 Å². The maximum Gasteiger partial charge on any atom is 0.272 e. The first kappa shape index (κ1) is 22.9. The molecule has 0 aliphatic carbocycles. The maximum absolute atomic E-state index is 13.0. The predicted octanol–water partition coefficient (Wildman–Crippen LogP) is 5.38. The number of amides is 2. The Bertz CT molecular complexity index is 1220. The smallest absolute Gasteiger partial charge is 0.272 e. The second kappa shape index (κ2) is 10.0. The van der Waals surface area contributed by atoms with Crippen molar-refractivity contribution in [1.29, 1.82) is 0 Å². The largest absolute Gasteiger partial charge is 0.320 e. The normalized spacial score (nSPS) is 11.0. The van der Waals surface area contributed by atoms with E-state index in [0.717, 1.165) is 11.1 Å². The molecule has 0 radical (unpaired) electrons. The Morgan fingerprint density at radius 2 is 1.66 bits per heavy atom. The average Bonchev–Trinajstić information content (AvgIpc) is 2.75. The molecule has 0 aliphatic heterocycles. The lowest BCUT2D eigenvalue weighted by Gasteiger charge is -2.13. The molecule has 8 heteroatoms. The molecule has 2 N–H and O–H groups in total. The predicted molar refractivity (Wildman–Crippen MR) is 127 cm³/mol. The van der Waals surface area contributed by atoms with Gasteiger partial charge in [0.1, 0.15) is 5.70 Å². The van der Waals surface area contributed by atoms with Gasteiger partial charge in [0.15, 0.2) is 0 Å². The number of carbonyl (C=O) groups is 2. The molecule has 0 spiro atoms. The summed E-state index contributed by atoms with van der Waals surface area (Å²) in [5.41, 5.74) is 3.33. The summed E-state index contributed by atoms with van der Waals surface area (Å²) in [5.74, 6) is -0.978. The van der Waals surface area contributed by atoms with E-state index < -0.39 is 16.7 Å². The molecule has 0 bridgehead atoms. The fourth-order valence-electron chi connectivity index (χ4n) is 2.91. The lowest BCUT2D eigenvalue weighted by atomic mass is 10.1. The molecule has 0 saturated carbocycles. The highest BCUT2D eigenvalue weighted by atomic mass is 79.9. The number of halogens is 1. The zero-order chi connectivity index (χ0) is 23.3. The van der Waals surface area contributed by atoms with E-state index in [1.54, 1.807) is 24.3 Å². The number of non-ortho nitro benzene ring substituents is 1. The maximum atomic E-state index is 13.0. The van der Waals surface area contributed by atoms with E-state index in [-0.39, 0.29) is 11.4 Å².